The molecule has 6 rings (SSSR count). The van der Waals surface area contributed by atoms with Gasteiger partial charge in [-0.3, -0.25) is 14.9 Å². The quantitative estimate of drug-likeness (QED) is 0.217. The van der Waals surface area contributed by atoms with Crippen molar-refractivity contribution in [3.05, 3.63) is 112 Å². The van der Waals surface area contributed by atoms with Crippen molar-refractivity contribution in [3.63, 3.8) is 0 Å². The smallest absolute Gasteiger partial charge is 0.269 e. The molecule has 1 fully saturated rings. The van der Waals surface area contributed by atoms with E-state index in [1.54, 1.807) is 12.1 Å². The summed E-state index contributed by atoms with van der Waals surface area (Å²) in [6.45, 7) is 6.28. The summed E-state index contributed by atoms with van der Waals surface area (Å²) < 4.78 is 1.82. The summed E-state index contributed by atoms with van der Waals surface area (Å²) >= 11 is 0. The molecule has 1 aliphatic heterocycles. The number of pyridine rings is 1. The van der Waals surface area contributed by atoms with E-state index in [9.17, 15) is 14.9 Å². The van der Waals surface area contributed by atoms with Gasteiger partial charge >= 0.3 is 0 Å². The molecule has 0 unspecified atom stereocenters. The van der Waals surface area contributed by atoms with Crippen LogP contribution in [0, 0.1) is 24.0 Å². The number of fused-ring (bicyclic) bond motifs is 1. The Morgan fingerprint density at radius 2 is 1.50 bits per heavy atom. The van der Waals surface area contributed by atoms with E-state index >= 15 is 0 Å². The van der Waals surface area contributed by atoms with Crippen LogP contribution in [-0.4, -0.2) is 56.7 Å². The average Bonchev–Trinajstić information content (AvgIpc) is 3.33. The molecule has 0 N–H and O–H groups in total. The molecule has 3 heterocycles. The normalized spacial score (nSPS) is 13.6. The van der Waals surface area contributed by atoms with Crippen LogP contribution in [0.4, 0.5) is 11.4 Å². The second-order valence-electron chi connectivity index (χ2n) is 10.0. The van der Waals surface area contributed by atoms with Crippen molar-refractivity contribution in [1.29, 1.82) is 0 Å². The Hall–Kier alpha value is -5.05. The molecule has 0 spiro atoms. The van der Waals surface area contributed by atoms with E-state index in [4.69, 9.17) is 10.1 Å². The fourth-order valence-corrected chi connectivity index (χ4v) is 5.20. The number of non-ortho nitro benzene ring substituents is 1. The third-order valence-electron chi connectivity index (χ3n) is 7.38. The van der Waals surface area contributed by atoms with Gasteiger partial charge in [0.05, 0.1) is 32.9 Å². The van der Waals surface area contributed by atoms with Gasteiger partial charge in [-0.1, -0.05) is 48.0 Å². The maximum atomic E-state index is 14.1. The number of benzene rings is 3. The fraction of sp³-hybridized carbons (Fsp3) is 0.194. The molecule has 5 aromatic rings. The zero-order chi connectivity index (χ0) is 27.8. The second kappa shape index (κ2) is 10.3. The monoisotopic (exact) mass is 532 g/mol. The molecule has 2 aromatic heterocycles. The molecular weight excluding hydrogens is 504 g/mol. The van der Waals surface area contributed by atoms with Gasteiger partial charge in [0.25, 0.3) is 11.6 Å². The highest BCUT2D eigenvalue weighted by Crippen LogP contribution is 2.30. The van der Waals surface area contributed by atoms with Gasteiger partial charge in [0.2, 0.25) is 0 Å². The van der Waals surface area contributed by atoms with Crippen LogP contribution in [0.5, 0.6) is 0 Å². The van der Waals surface area contributed by atoms with E-state index in [1.165, 1.54) is 12.1 Å². The van der Waals surface area contributed by atoms with E-state index < -0.39 is 4.92 Å². The second-order valence-corrected chi connectivity index (χ2v) is 10.0. The lowest BCUT2D eigenvalue weighted by molar-refractivity contribution is -0.384. The van der Waals surface area contributed by atoms with Gasteiger partial charge in [0, 0.05) is 49.6 Å². The number of hydrogen-bond acceptors (Lipinski definition) is 6. The first kappa shape index (κ1) is 25.2. The van der Waals surface area contributed by atoms with Gasteiger partial charge in [-0.2, -0.15) is 5.10 Å². The highest BCUT2D eigenvalue weighted by atomic mass is 16.6. The summed E-state index contributed by atoms with van der Waals surface area (Å²) in [5, 5.41) is 16.6. The summed E-state index contributed by atoms with van der Waals surface area (Å²) in [7, 11) is 0. The number of carbonyl (C=O) groups excluding carboxylic acids is 1. The summed E-state index contributed by atoms with van der Waals surface area (Å²) in [6, 6.07) is 26.4. The summed E-state index contributed by atoms with van der Waals surface area (Å²) in [5.41, 5.74) is 6.63. The van der Waals surface area contributed by atoms with Gasteiger partial charge in [-0.15, -0.1) is 0 Å². The Kier molecular flexibility index (Phi) is 6.47. The van der Waals surface area contributed by atoms with E-state index in [-0.39, 0.29) is 11.6 Å². The first-order valence-corrected chi connectivity index (χ1v) is 13.2. The Morgan fingerprint density at radius 1 is 0.850 bits per heavy atom. The number of rotatable bonds is 5. The molecule has 40 heavy (non-hydrogen) atoms. The first-order chi connectivity index (χ1) is 19.4. The van der Waals surface area contributed by atoms with E-state index in [0.29, 0.717) is 43.1 Å². The lowest BCUT2D eigenvalue weighted by Crippen LogP contribution is -2.48. The van der Waals surface area contributed by atoms with Crippen LogP contribution >= 0.6 is 0 Å². The highest BCUT2D eigenvalue weighted by molar-refractivity contribution is 6.07. The summed E-state index contributed by atoms with van der Waals surface area (Å²) in [4.78, 5) is 33.7. The minimum absolute atomic E-state index is 0.0560. The highest BCUT2D eigenvalue weighted by Gasteiger charge is 2.27. The van der Waals surface area contributed by atoms with Gasteiger partial charge in [-0.25, -0.2) is 9.67 Å². The molecule has 0 bridgehead atoms. The van der Waals surface area contributed by atoms with Crippen molar-refractivity contribution in [3.8, 4) is 16.9 Å². The number of aryl methyl sites for hydroxylation is 2. The molecule has 9 heteroatoms. The Balaban J connectivity index is 1.35. The van der Waals surface area contributed by atoms with Gasteiger partial charge in [0.1, 0.15) is 0 Å². The van der Waals surface area contributed by atoms with E-state index in [1.807, 2.05) is 84.1 Å². The third-order valence-corrected chi connectivity index (χ3v) is 7.38. The Labute approximate surface area is 231 Å². The fourth-order valence-electron chi connectivity index (χ4n) is 5.20. The molecule has 1 saturated heterocycles. The molecule has 9 nitrogen and oxygen atoms in total. The molecule has 3 aromatic carbocycles. The van der Waals surface area contributed by atoms with Crippen molar-refractivity contribution in [2.75, 3.05) is 31.1 Å². The van der Waals surface area contributed by atoms with Gasteiger partial charge in [-0.05, 0) is 44.2 Å². The third kappa shape index (κ3) is 4.66. The summed E-state index contributed by atoms with van der Waals surface area (Å²) in [5.74, 6) is -0.0560. The van der Waals surface area contributed by atoms with Crippen LogP contribution < -0.4 is 4.90 Å². The van der Waals surface area contributed by atoms with Crippen molar-refractivity contribution in [2.24, 2.45) is 0 Å². The molecular formula is C31H28N6O3. The Morgan fingerprint density at radius 3 is 2.15 bits per heavy atom. The SMILES string of the molecule is Cc1ccc(-n2nc(C)c3c(C(=O)N4CCN(c5ccc([N+](=O)[O-])cc5)CC4)cc(-c4ccccc4)nc32)cc1. The molecule has 0 atom stereocenters. The van der Waals surface area contributed by atoms with Gasteiger partial charge < -0.3 is 9.80 Å². The number of nitrogens with zero attached hydrogens (tertiary/aromatic N) is 6. The number of nitro groups is 1. The molecule has 200 valence electrons. The number of piperazine rings is 1. The predicted molar refractivity (Wildman–Crippen MR) is 155 cm³/mol. The number of amides is 1. The molecule has 1 amide bonds. The molecule has 0 radical (unpaired) electrons. The number of hydrogen-bond donors (Lipinski definition) is 0. The minimum Gasteiger partial charge on any atom is -0.368 e. The minimum atomic E-state index is -0.400. The molecule has 0 saturated carbocycles. The zero-order valence-corrected chi connectivity index (χ0v) is 22.3. The standard InChI is InChI=1S/C31H28N6O3/c1-21-8-10-25(11-9-21)36-30-29(22(2)33-36)27(20-28(32-30)23-6-4-3-5-7-23)31(38)35-18-16-34(17-19-35)24-12-14-26(15-13-24)37(39)40/h3-15,20H,16-19H2,1-2H3. The van der Waals surface area contributed by atoms with Crippen LogP contribution in [0.2, 0.25) is 0 Å². The van der Waals surface area contributed by atoms with Crippen LogP contribution in [0.3, 0.4) is 0 Å². The largest absolute Gasteiger partial charge is 0.368 e. The lowest BCUT2D eigenvalue weighted by Gasteiger charge is -2.36. The lowest BCUT2D eigenvalue weighted by atomic mass is 10.0. The number of anilines is 1. The van der Waals surface area contributed by atoms with Crippen LogP contribution in [0.25, 0.3) is 28.0 Å². The average molecular weight is 533 g/mol. The maximum Gasteiger partial charge on any atom is 0.269 e. The molecule has 1 aliphatic rings. The van der Waals surface area contributed by atoms with Crippen molar-refractivity contribution < 1.29 is 9.72 Å². The van der Waals surface area contributed by atoms with Crippen molar-refractivity contribution in [1.82, 2.24) is 19.7 Å². The van der Waals surface area contributed by atoms with Crippen LogP contribution in [0.15, 0.2) is 84.9 Å². The number of carbonyl (C=O) groups is 1. The Bertz CT molecular complexity index is 1700. The topological polar surface area (TPSA) is 97.4 Å². The summed E-state index contributed by atoms with van der Waals surface area (Å²) in [6.07, 6.45) is 0. The number of aromatic nitrogens is 3. The van der Waals surface area contributed by atoms with E-state index in [0.717, 1.165) is 33.6 Å². The van der Waals surface area contributed by atoms with Crippen LogP contribution in [-0.2, 0) is 0 Å². The molecule has 0 aliphatic carbocycles. The van der Waals surface area contributed by atoms with Crippen LogP contribution in [0.1, 0.15) is 21.6 Å². The predicted octanol–water partition coefficient (Wildman–Crippen LogP) is 5.57. The number of nitro benzene ring substituents is 1. The first-order valence-electron chi connectivity index (χ1n) is 13.2. The van der Waals surface area contributed by atoms with Gasteiger partial charge in [0.15, 0.2) is 5.65 Å². The van der Waals surface area contributed by atoms with Crippen molar-refractivity contribution in [2.45, 2.75) is 13.8 Å². The van der Waals surface area contributed by atoms with E-state index in [2.05, 4.69) is 4.90 Å². The van der Waals surface area contributed by atoms with Crippen molar-refractivity contribution >= 4 is 28.3 Å². The zero-order valence-electron chi connectivity index (χ0n) is 22.3. The maximum absolute atomic E-state index is 14.1.